The average Bonchev–Trinajstić information content (AvgIpc) is 1.85. The molecule has 2 heteroatoms. The van der Waals surface area contributed by atoms with E-state index in [4.69, 9.17) is 5.73 Å². The van der Waals surface area contributed by atoms with E-state index in [-0.39, 0.29) is 5.78 Å². The maximum atomic E-state index is 11.2. The Morgan fingerprint density at radius 1 is 1.55 bits per heavy atom. The molecule has 0 saturated carbocycles. The second-order valence-electron chi connectivity index (χ2n) is 3.43. The molecule has 0 amide bonds. The first-order valence-corrected chi connectivity index (χ1v) is 3.86. The van der Waals surface area contributed by atoms with Gasteiger partial charge >= 0.3 is 0 Å². The number of nitrogens with two attached hydrogens (primary N) is 1. The predicted octanol–water partition coefficient (Wildman–Crippen LogP) is 1.65. The van der Waals surface area contributed by atoms with Crippen LogP contribution in [0.4, 0.5) is 0 Å². The fourth-order valence-corrected chi connectivity index (χ4v) is 0.580. The Bertz CT molecular complexity index is 165. The molecule has 0 spiro atoms. The number of rotatable bonds is 4. The molecule has 2 nitrogen and oxygen atoms in total. The van der Waals surface area contributed by atoms with Crippen molar-refractivity contribution in [1.82, 2.24) is 0 Å². The van der Waals surface area contributed by atoms with Crippen molar-refractivity contribution in [1.29, 1.82) is 0 Å². The molecule has 11 heavy (non-hydrogen) atoms. The highest BCUT2D eigenvalue weighted by Gasteiger charge is 2.21. The summed E-state index contributed by atoms with van der Waals surface area (Å²) < 4.78 is 0. The van der Waals surface area contributed by atoms with Gasteiger partial charge in [-0.1, -0.05) is 19.1 Å². The predicted molar refractivity (Wildman–Crippen MR) is 47.3 cm³/mol. The van der Waals surface area contributed by atoms with E-state index in [1.54, 1.807) is 13.8 Å². The minimum absolute atomic E-state index is 0.0596. The van der Waals surface area contributed by atoms with E-state index in [1.165, 1.54) is 0 Å². The first kappa shape index (κ1) is 10.4. The zero-order valence-electron chi connectivity index (χ0n) is 7.61. The van der Waals surface area contributed by atoms with E-state index < -0.39 is 5.54 Å². The number of Topliss-reactive ketones (excluding diaryl/α,β-unsaturated/α-hetero) is 1. The first-order valence-electron chi connectivity index (χ1n) is 3.86. The summed E-state index contributed by atoms with van der Waals surface area (Å²) in [5.74, 6) is 0.0596. The molecular weight excluding hydrogens is 138 g/mol. The Balaban J connectivity index is 3.99. The minimum Gasteiger partial charge on any atom is -0.319 e. The topological polar surface area (TPSA) is 43.1 Å². The number of carbonyl (C=O) groups excluding carboxylic acids is 1. The lowest BCUT2D eigenvalue weighted by Crippen LogP contribution is -2.41. The van der Waals surface area contributed by atoms with E-state index in [9.17, 15) is 4.79 Å². The number of hydrogen-bond acceptors (Lipinski definition) is 2. The fourth-order valence-electron chi connectivity index (χ4n) is 0.580. The van der Waals surface area contributed by atoms with E-state index >= 15 is 0 Å². The summed E-state index contributed by atoms with van der Waals surface area (Å²) in [6.45, 7) is 9.18. The Hall–Kier alpha value is -0.630. The van der Waals surface area contributed by atoms with E-state index in [0.717, 1.165) is 12.0 Å². The summed E-state index contributed by atoms with van der Waals surface area (Å²) in [5.41, 5.74) is 5.83. The van der Waals surface area contributed by atoms with Crippen molar-refractivity contribution < 1.29 is 4.79 Å². The van der Waals surface area contributed by atoms with Crippen molar-refractivity contribution >= 4 is 5.78 Å². The second kappa shape index (κ2) is 3.67. The van der Waals surface area contributed by atoms with Crippen LogP contribution >= 0.6 is 0 Å². The molecule has 0 unspecified atom stereocenters. The second-order valence-corrected chi connectivity index (χ2v) is 3.43. The molecule has 0 aromatic rings. The highest BCUT2D eigenvalue weighted by molar-refractivity contribution is 5.88. The van der Waals surface area contributed by atoms with Gasteiger partial charge in [0, 0.05) is 6.42 Å². The van der Waals surface area contributed by atoms with Gasteiger partial charge in [-0.3, -0.25) is 4.79 Å². The van der Waals surface area contributed by atoms with Gasteiger partial charge in [0.25, 0.3) is 0 Å². The van der Waals surface area contributed by atoms with Crippen LogP contribution in [0.3, 0.4) is 0 Å². The van der Waals surface area contributed by atoms with Gasteiger partial charge in [0.05, 0.1) is 5.54 Å². The van der Waals surface area contributed by atoms with Gasteiger partial charge in [0.2, 0.25) is 0 Å². The summed E-state index contributed by atoms with van der Waals surface area (Å²) in [5, 5.41) is 0. The molecule has 0 aliphatic rings. The third-order valence-corrected chi connectivity index (χ3v) is 1.63. The van der Waals surface area contributed by atoms with Gasteiger partial charge in [-0.15, -0.1) is 0 Å². The average molecular weight is 155 g/mol. The third-order valence-electron chi connectivity index (χ3n) is 1.63. The lowest BCUT2D eigenvalue weighted by molar-refractivity contribution is -0.122. The Morgan fingerprint density at radius 2 is 2.00 bits per heavy atom. The lowest BCUT2D eigenvalue weighted by atomic mass is 9.94. The zero-order chi connectivity index (χ0) is 9.07. The van der Waals surface area contributed by atoms with Gasteiger partial charge < -0.3 is 5.73 Å². The molecular formula is C9H17NO. The molecule has 2 N–H and O–H groups in total. The summed E-state index contributed by atoms with van der Waals surface area (Å²) in [7, 11) is 0. The normalized spacial score (nSPS) is 11.3. The molecule has 0 fully saturated rings. The highest BCUT2D eigenvalue weighted by atomic mass is 16.1. The maximum absolute atomic E-state index is 11.2. The Morgan fingerprint density at radius 3 is 2.27 bits per heavy atom. The van der Waals surface area contributed by atoms with Crippen molar-refractivity contribution in [3.8, 4) is 0 Å². The number of ketones is 1. The van der Waals surface area contributed by atoms with Crippen LogP contribution in [0.15, 0.2) is 12.2 Å². The minimum atomic E-state index is -0.710. The van der Waals surface area contributed by atoms with Gasteiger partial charge in [-0.2, -0.15) is 0 Å². The van der Waals surface area contributed by atoms with Gasteiger partial charge in [0.1, 0.15) is 0 Å². The Labute approximate surface area is 68.5 Å². The molecule has 0 radical (unpaired) electrons. The standard InChI is InChI=1S/C9H17NO/c1-5-7(2)6-8(11)9(3,4)10/h2,5-6,10H2,1,3-4H3. The molecule has 0 rings (SSSR count). The van der Waals surface area contributed by atoms with Crippen LogP contribution in [0.1, 0.15) is 33.6 Å². The first-order chi connectivity index (χ1) is 4.88. The van der Waals surface area contributed by atoms with Crippen LogP contribution in [0, 0.1) is 0 Å². The molecule has 0 heterocycles. The molecule has 64 valence electrons. The van der Waals surface area contributed by atoms with Gasteiger partial charge in [0.15, 0.2) is 5.78 Å². The summed E-state index contributed by atoms with van der Waals surface area (Å²) >= 11 is 0. The van der Waals surface area contributed by atoms with Crippen LogP contribution in [-0.4, -0.2) is 11.3 Å². The Kier molecular flexibility index (Phi) is 3.46. The molecule has 0 aliphatic carbocycles. The summed E-state index contributed by atoms with van der Waals surface area (Å²) in [6.07, 6.45) is 1.27. The van der Waals surface area contributed by atoms with Crippen LogP contribution in [0.25, 0.3) is 0 Å². The third kappa shape index (κ3) is 3.94. The number of allylic oxidation sites excluding steroid dienone is 1. The fraction of sp³-hybridized carbons (Fsp3) is 0.667. The number of hydrogen-bond donors (Lipinski definition) is 1. The molecule has 0 aromatic heterocycles. The quantitative estimate of drug-likeness (QED) is 0.627. The van der Waals surface area contributed by atoms with Gasteiger partial charge in [-0.05, 0) is 20.3 Å². The van der Waals surface area contributed by atoms with E-state index in [1.807, 2.05) is 6.92 Å². The van der Waals surface area contributed by atoms with E-state index in [0.29, 0.717) is 6.42 Å². The van der Waals surface area contributed by atoms with Crippen LogP contribution in [-0.2, 0) is 4.79 Å². The summed E-state index contributed by atoms with van der Waals surface area (Å²) in [6, 6.07) is 0. The monoisotopic (exact) mass is 155 g/mol. The highest BCUT2D eigenvalue weighted by Crippen LogP contribution is 2.10. The molecule has 0 aromatic carbocycles. The largest absolute Gasteiger partial charge is 0.319 e. The lowest BCUT2D eigenvalue weighted by Gasteiger charge is -2.16. The van der Waals surface area contributed by atoms with Gasteiger partial charge in [-0.25, -0.2) is 0 Å². The maximum Gasteiger partial charge on any atom is 0.156 e. The summed E-state index contributed by atoms with van der Waals surface area (Å²) in [4.78, 5) is 11.2. The van der Waals surface area contributed by atoms with Crippen LogP contribution in [0.2, 0.25) is 0 Å². The SMILES string of the molecule is C=C(CC)CC(=O)C(C)(C)N. The zero-order valence-corrected chi connectivity index (χ0v) is 7.61. The molecule has 0 saturated heterocycles. The number of carbonyl (C=O) groups is 1. The molecule has 0 bridgehead atoms. The van der Waals surface area contributed by atoms with Crippen molar-refractivity contribution in [3.05, 3.63) is 12.2 Å². The van der Waals surface area contributed by atoms with Crippen LogP contribution in [0.5, 0.6) is 0 Å². The van der Waals surface area contributed by atoms with Crippen molar-refractivity contribution in [2.75, 3.05) is 0 Å². The van der Waals surface area contributed by atoms with Crippen LogP contribution < -0.4 is 5.73 Å². The molecule has 0 aliphatic heterocycles. The van der Waals surface area contributed by atoms with Crippen molar-refractivity contribution in [3.63, 3.8) is 0 Å². The van der Waals surface area contributed by atoms with E-state index in [2.05, 4.69) is 6.58 Å². The van der Waals surface area contributed by atoms with Crippen molar-refractivity contribution in [2.24, 2.45) is 5.73 Å². The van der Waals surface area contributed by atoms with Crippen molar-refractivity contribution in [2.45, 2.75) is 39.2 Å². The smallest absolute Gasteiger partial charge is 0.156 e. The molecule has 0 atom stereocenters.